The summed E-state index contributed by atoms with van der Waals surface area (Å²) in [4.78, 5) is 33.3. The number of fused-ring (bicyclic) bond motifs is 1. The van der Waals surface area contributed by atoms with Crippen molar-refractivity contribution in [1.82, 2.24) is 34.9 Å². The molecule has 0 atom stereocenters. The van der Waals surface area contributed by atoms with Crippen molar-refractivity contribution in [2.24, 2.45) is 0 Å². The van der Waals surface area contributed by atoms with Gasteiger partial charge in [0.2, 0.25) is 5.95 Å². The number of aromatic nitrogens is 5. The molecule has 2 N–H and O–H groups in total. The van der Waals surface area contributed by atoms with Gasteiger partial charge in [-0.3, -0.25) is 4.68 Å². The second-order valence-corrected chi connectivity index (χ2v) is 10.5. The maximum absolute atomic E-state index is 12.5. The van der Waals surface area contributed by atoms with E-state index in [0.29, 0.717) is 57.1 Å². The number of nitrogens with zero attached hydrogens (tertiary/aromatic N) is 8. The SMILES string of the molecule is COCCNC(=O)N1CCN(c2cc(N3CCCC3)nc(Nc3cc4c(cn3)cnn4C3CCOCC3)n2)CC1. The molecule has 0 radical (unpaired) electrons. The highest BCUT2D eigenvalue weighted by molar-refractivity contribution is 5.81. The first kappa shape index (κ1) is 26.5. The summed E-state index contributed by atoms with van der Waals surface area (Å²) in [6, 6.07) is 4.37. The highest BCUT2D eigenvalue weighted by atomic mass is 16.5. The highest BCUT2D eigenvalue weighted by Crippen LogP contribution is 2.29. The van der Waals surface area contributed by atoms with Gasteiger partial charge < -0.3 is 34.8 Å². The van der Waals surface area contributed by atoms with Gasteiger partial charge in [0.05, 0.1) is 24.4 Å². The lowest BCUT2D eigenvalue weighted by molar-refractivity contribution is 0.0675. The van der Waals surface area contributed by atoms with Crippen LogP contribution in [0, 0.1) is 0 Å². The number of hydrogen-bond donors (Lipinski definition) is 2. The molecule has 0 aromatic carbocycles. The van der Waals surface area contributed by atoms with Crippen molar-refractivity contribution in [2.45, 2.75) is 31.7 Å². The molecular weight excluding hydrogens is 512 g/mol. The van der Waals surface area contributed by atoms with E-state index in [4.69, 9.17) is 19.4 Å². The van der Waals surface area contributed by atoms with E-state index in [1.165, 1.54) is 0 Å². The fourth-order valence-corrected chi connectivity index (χ4v) is 5.60. The van der Waals surface area contributed by atoms with Gasteiger partial charge in [0.25, 0.3) is 0 Å². The van der Waals surface area contributed by atoms with Crippen LogP contribution in [0.4, 0.5) is 28.2 Å². The number of ether oxygens (including phenoxy) is 2. The molecule has 3 aliphatic heterocycles. The summed E-state index contributed by atoms with van der Waals surface area (Å²) in [5.41, 5.74) is 1.04. The van der Waals surface area contributed by atoms with E-state index < -0.39 is 0 Å². The van der Waals surface area contributed by atoms with E-state index in [9.17, 15) is 4.79 Å². The molecule has 40 heavy (non-hydrogen) atoms. The molecule has 3 aromatic rings. The van der Waals surface area contributed by atoms with Gasteiger partial charge >= 0.3 is 6.03 Å². The van der Waals surface area contributed by atoms with Gasteiger partial charge in [0, 0.05) is 89.9 Å². The molecule has 0 unspecified atom stereocenters. The van der Waals surface area contributed by atoms with Crippen LogP contribution in [-0.2, 0) is 9.47 Å². The number of urea groups is 1. The number of carbonyl (C=O) groups excluding carboxylic acids is 1. The second-order valence-electron chi connectivity index (χ2n) is 10.5. The molecule has 0 spiro atoms. The first-order valence-electron chi connectivity index (χ1n) is 14.3. The Morgan fingerprint density at radius 1 is 1.00 bits per heavy atom. The van der Waals surface area contributed by atoms with E-state index in [2.05, 4.69) is 41.3 Å². The summed E-state index contributed by atoms with van der Waals surface area (Å²) in [6.07, 6.45) is 7.95. The summed E-state index contributed by atoms with van der Waals surface area (Å²) < 4.78 is 12.7. The van der Waals surface area contributed by atoms with Crippen molar-refractivity contribution in [2.75, 3.05) is 87.9 Å². The molecular formula is C27H38N10O3. The Kier molecular flexibility index (Phi) is 8.09. The normalized spacial score (nSPS) is 18.5. The molecule has 2 amide bonds. The van der Waals surface area contributed by atoms with E-state index in [1.807, 2.05) is 23.4 Å². The lowest BCUT2D eigenvalue weighted by Crippen LogP contribution is -2.52. The molecule has 214 valence electrons. The van der Waals surface area contributed by atoms with Crippen LogP contribution >= 0.6 is 0 Å². The lowest BCUT2D eigenvalue weighted by atomic mass is 10.1. The van der Waals surface area contributed by atoms with E-state index in [-0.39, 0.29) is 6.03 Å². The summed E-state index contributed by atoms with van der Waals surface area (Å²) in [5, 5.41) is 12.0. The van der Waals surface area contributed by atoms with E-state index >= 15 is 0 Å². The fourth-order valence-electron chi connectivity index (χ4n) is 5.60. The third kappa shape index (κ3) is 5.89. The maximum atomic E-state index is 12.5. The molecule has 3 saturated heterocycles. The zero-order valence-electron chi connectivity index (χ0n) is 23.1. The van der Waals surface area contributed by atoms with Crippen LogP contribution in [0.3, 0.4) is 0 Å². The van der Waals surface area contributed by atoms with Crippen molar-refractivity contribution in [3.8, 4) is 0 Å². The Labute approximate surface area is 233 Å². The zero-order chi connectivity index (χ0) is 27.3. The number of methoxy groups -OCH3 is 1. The topological polar surface area (TPSA) is 126 Å². The van der Waals surface area contributed by atoms with Gasteiger partial charge in [-0.05, 0) is 25.7 Å². The van der Waals surface area contributed by atoms with Crippen LogP contribution in [0.1, 0.15) is 31.7 Å². The Morgan fingerprint density at radius 2 is 1.73 bits per heavy atom. The molecule has 13 heteroatoms. The average Bonchev–Trinajstić information content (AvgIpc) is 3.68. The number of piperazine rings is 1. The minimum absolute atomic E-state index is 0.0547. The minimum atomic E-state index is -0.0547. The number of nitrogens with one attached hydrogen (secondary N) is 2. The number of carbonyl (C=O) groups is 1. The predicted molar refractivity (Wildman–Crippen MR) is 152 cm³/mol. The number of hydrogen-bond acceptors (Lipinski definition) is 10. The summed E-state index contributed by atoms with van der Waals surface area (Å²) >= 11 is 0. The van der Waals surface area contributed by atoms with Gasteiger partial charge in [-0.1, -0.05) is 0 Å². The third-order valence-corrected chi connectivity index (χ3v) is 7.86. The molecule has 6 rings (SSSR count). The Morgan fingerprint density at radius 3 is 2.45 bits per heavy atom. The molecule has 3 fully saturated rings. The molecule has 13 nitrogen and oxygen atoms in total. The number of anilines is 4. The number of amides is 2. The number of rotatable bonds is 8. The minimum Gasteiger partial charge on any atom is -0.383 e. The number of pyridine rings is 1. The molecule has 3 aromatic heterocycles. The lowest BCUT2D eigenvalue weighted by Gasteiger charge is -2.35. The first-order valence-corrected chi connectivity index (χ1v) is 14.3. The van der Waals surface area contributed by atoms with Crippen LogP contribution in [0.5, 0.6) is 0 Å². The summed E-state index contributed by atoms with van der Waals surface area (Å²) in [5.74, 6) is 2.97. The van der Waals surface area contributed by atoms with Crippen LogP contribution < -0.4 is 20.4 Å². The highest BCUT2D eigenvalue weighted by Gasteiger charge is 2.24. The molecule has 6 heterocycles. The third-order valence-electron chi connectivity index (χ3n) is 7.86. The smallest absolute Gasteiger partial charge is 0.317 e. The van der Waals surface area contributed by atoms with Crippen molar-refractivity contribution >= 4 is 40.3 Å². The van der Waals surface area contributed by atoms with Crippen LogP contribution in [0.2, 0.25) is 0 Å². The van der Waals surface area contributed by atoms with Crippen LogP contribution in [0.25, 0.3) is 10.9 Å². The average molecular weight is 551 g/mol. The van der Waals surface area contributed by atoms with E-state index in [0.717, 1.165) is 74.5 Å². The second kappa shape index (κ2) is 12.2. The van der Waals surface area contributed by atoms with Crippen molar-refractivity contribution in [3.05, 3.63) is 24.5 Å². The molecule has 0 bridgehead atoms. The largest absolute Gasteiger partial charge is 0.383 e. The molecule has 0 saturated carbocycles. The van der Waals surface area contributed by atoms with Gasteiger partial charge in [-0.25, -0.2) is 9.78 Å². The van der Waals surface area contributed by atoms with Crippen molar-refractivity contribution in [1.29, 1.82) is 0 Å². The molecule has 3 aliphatic rings. The Hall–Kier alpha value is -3.71. The van der Waals surface area contributed by atoms with Crippen molar-refractivity contribution < 1.29 is 14.3 Å². The van der Waals surface area contributed by atoms with Crippen LogP contribution in [-0.4, -0.2) is 108 Å². The Bertz CT molecular complexity index is 1300. The summed E-state index contributed by atoms with van der Waals surface area (Å²) in [6.45, 7) is 7.14. The van der Waals surface area contributed by atoms with Gasteiger partial charge in [0.15, 0.2) is 0 Å². The standard InChI is InChI=1S/C27H38N10O3/c1-39-15-6-28-27(38)36-11-9-35(10-12-36)25-17-24(34-7-2-3-8-34)32-26(33-25)31-23-16-22-20(18-29-23)19-30-37(22)21-4-13-40-14-5-21/h16-19,21H,2-15H2,1H3,(H,28,38)(H,29,31,32,33). The van der Waals surface area contributed by atoms with Gasteiger partial charge in [-0.2, -0.15) is 15.1 Å². The Balaban J connectivity index is 1.21. The fraction of sp³-hybridized carbons (Fsp3) is 0.593. The maximum Gasteiger partial charge on any atom is 0.317 e. The van der Waals surface area contributed by atoms with E-state index in [1.54, 1.807) is 7.11 Å². The monoisotopic (exact) mass is 550 g/mol. The predicted octanol–water partition coefficient (Wildman–Crippen LogP) is 2.39. The quantitative estimate of drug-likeness (QED) is 0.404. The molecule has 0 aliphatic carbocycles. The summed E-state index contributed by atoms with van der Waals surface area (Å²) in [7, 11) is 1.63. The van der Waals surface area contributed by atoms with Gasteiger partial charge in [0.1, 0.15) is 17.5 Å². The van der Waals surface area contributed by atoms with Gasteiger partial charge in [-0.15, -0.1) is 0 Å². The first-order chi connectivity index (χ1) is 19.7. The zero-order valence-corrected chi connectivity index (χ0v) is 23.1. The van der Waals surface area contributed by atoms with Crippen LogP contribution in [0.15, 0.2) is 24.5 Å². The van der Waals surface area contributed by atoms with Crippen molar-refractivity contribution in [3.63, 3.8) is 0 Å².